The van der Waals surface area contributed by atoms with Gasteiger partial charge in [0.1, 0.15) is 12.1 Å². The van der Waals surface area contributed by atoms with Crippen LogP contribution < -0.4 is 16.4 Å². The number of aryl methyl sites for hydroxylation is 2. The fourth-order valence-electron chi connectivity index (χ4n) is 3.47. The molecule has 0 fully saturated rings. The third kappa shape index (κ3) is 4.86. The van der Waals surface area contributed by atoms with Gasteiger partial charge in [-0.2, -0.15) is 0 Å². The van der Waals surface area contributed by atoms with Gasteiger partial charge < -0.3 is 16.4 Å². The average Bonchev–Trinajstić information content (AvgIpc) is 2.77. The molecular formula is C24H20FN5O2. The summed E-state index contributed by atoms with van der Waals surface area (Å²) in [4.78, 5) is 32.5. The lowest BCUT2D eigenvalue weighted by atomic mass is 10.0. The van der Waals surface area contributed by atoms with Crippen LogP contribution in [0, 0.1) is 5.82 Å². The van der Waals surface area contributed by atoms with E-state index in [0.29, 0.717) is 35.3 Å². The highest BCUT2D eigenvalue weighted by Gasteiger charge is 2.11. The molecule has 0 radical (unpaired) electrons. The normalized spacial score (nSPS) is 10.7. The number of nitrogens with one attached hydrogen (secondary N) is 2. The Morgan fingerprint density at radius 2 is 1.59 bits per heavy atom. The van der Waals surface area contributed by atoms with Gasteiger partial charge in [0.25, 0.3) is 5.91 Å². The van der Waals surface area contributed by atoms with E-state index in [1.165, 1.54) is 24.5 Å². The average molecular weight is 429 g/mol. The van der Waals surface area contributed by atoms with Gasteiger partial charge in [-0.05, 0) is 54.8 Å². The Bertz CT molecular complexity index is 1310. The van der Waals surface area contributed by atoms with E-state index >= 15 is 0 Å². The molecule has 0 atom stereocenters. The number of primary amides is 1. The lowest BCUT2D eigenvalue weighted by Crippen LogP contribution is -2.19. The molecule has 0 spiro atoms. The molecule has 3 amide bonds. The van der Waals surface area contributed by atoms with E-state index in [2.05, 4.69) is 20.6 Å². The maximum Gasteiger partial charge on any atom is 0.323 e. The van der Waals surface area contributed by atoms with Crippen LogP contribution in [0.3, 0.4) is 0 Å². The standard InChI is InChI=1S/C24H20FN5O2/c25-16-5-2-7-18(13-16)30-24(32)29-17-6-1-4-15(12-17)10-11-21-19-8-3-9-20(23(26)31)22(19)28-14-27-21/h1-9,12-14H,10-11H2,(H2,26,31)(H2,29,30,32). The molecule has 0 unspecified atom stereocenters. The first-order valence-corrected chi connectivity index (χ1v) is 9.94. The van der Waals surface area contributed by atoms with E-state index in [9.17, 15) is 14.0 Å². The molecule has 4 N–H and O–H groups in total. The molecule has 3 aromatic carbocycles. The quantitative estimate of drug-likeness (QED) is 0.424. The first kappa shape index (κ1) is 20.9. The summed E-state index contributed by atoms with van der Waals surface area (Å²) >= 11 is 0. The second kappa shape index (κ2) is 9.22. The number of nitrogens with zero attached hydrogens (tertiary/aromatic N) is 2. The molecule has 0 saturated carbocycles. The number of benzene rings is 3. The summed E-state index contributed by atoms with van der Waals surface area (Å²) in [6, 6.07) is 17.9. The predicted molar refractivity (Wildman–Crippen MR) is 121 cm³/mol. The van der Waals surface area contributed by atoms with Crippen LogP contribution >= 0.6 is 0 Å². The van der Waals surface area contributed by atoms with Crippen molar-refractivity contribution in [3.63, 3.8) is 0 Å². The van der Waals surface area contributed by atoms with Crippen LogP contribution in [-0.2, 0) is 12.8 Å². The lowest BCUT2D eigenvalue weighted by molar-refractivity contribution is 0.100. The van der Waals surface area contributed by atoms with Gasteiger partial charge in [-0.1, -0.05) is 30.3 Å². The summed E-state index contributed by atoms with van der Waals surface area (Å²) in [5.41, 5.74) is 9.12. The molecule has 0 aliphatic carbocycles. The SMILES string of the molecule is NC(=O)c1cccc2c(CCc3cccc(NC(=O)Nc4cccc(F)c4)c3)ncnc12. The number of carbonyl (C=O) groups is 2. The van der Waals surface area contributed by atoms with Gasteiger partial charge in [-0.25, -0.2) is 19.2 Å². The van der Waals surface area contributed by atoms with Crippen LogP contribution in [0.2, 0.25) is 0 Å². The number of carbonyl (C=O) groups excluding carboxylic acids is 2. The number of urea groups is 1. The van der Waals surface area contributed by atoms with Crippen molar-refractivity contribution in [3.8, 4) is 0 Å². The largest absolute Gasteiger partial charge is 0.366 e. The zero-order valence-electron chi connectivity index (χ0n) is 17.0. The number of hydrogen-bond donors (Lipinski definition) is 3. The minimum atomic E-state index is -0.532. The second-order valence-corrected chi connectivity index (χ2v) is 7.18. The smallest absolute Gasteiger partial charge is 0.323 e. The van der Waals surface area contributed by atoms with Gasteiger partial charge in [-0.15, -0.1) is 0 Å². The maximum atomic E-state index is 13.3. The molecule has 32 heavy (non-hydrogen) atoms. The molecule has 0 aliphatic heterocycles. The molecule has 160 valence electrons. The number of fused-ring (bicyclic) bond motifs is 1. The Labute approximate surface area is 183 Å². The fraction of sp³-hybridized carbons (Fsp3) is 0.0833. The zero-order valence-corrected chi connectivity index (χ0v) is 17.0. The van der Waals surface area contributed by atoms with E-state index in [1.54, 1.807) is 24.3 Å². The van der Waals surface area contributed by atoms with Gasteiger partial charge in [0.15, 0.2) is 0 Å². The van der Waals surface area contributed by atoms with Crippen molar-refractivity contribution in [1.82, 2.24) is 9.97 Å². The van der Waals surface area contributed by atoms with Crippen molar-refractivity contribution in [2.75, 3.05) is 10.6 Å². The zero-order chi connectivity index (χ0) is 22.5. The number of nitrogens with two attached hydrogens (primary N) is 1. The van der Waals surface area contributed by atoms with Gasteiger partial charge in [-0.3, -0.25) is 4.79 Å². The predicted octanol–water partition coefficient (Wildman–Crippen LogP) is 4.30. The van der Waals surface area contributed by atoms with Crippen molar-refractivity contribution in [1.29, 1.82) is 0 Å². The highest BCUT2D eigenvalue weighted by Crippen LogP contribution is 2.21. The Hall–Kier alpha value is -4.33. The van der Waals surface area contributed by atoms with Gasteiger partial charge >= 0.3 is 6.03 Å². The monoisotopic (exact) mass is 429 g/mol. The summed E-state index contributed by atoms with van der Waals surface area (Å²) in [6.45, 7) is 0. The van der Waals surface area contributed by atoms with E-state index in [1.807, 2.05) is 24.3 Å². The molecule has 1 aromatic heterocycles. The molecule has 7 nitrogen and oxygen atoms in total. The van der Waals surface area contributed by atoms with Crippen LogP contribution in [0.1, 0.15) is 21.6 Å². The number of para-hydroxylation sites is 1. The number of anilines is 2. The molecule has 1 heterocycles. The van der Waals surface area contributed by atoms with Gasteiger partial charge in [0, 0.05) is 16.8 Å². The van der Waals surface area contributed by atoms with Gasteiger partial charge in [0.2, 0.25) is 0 Å². The minimum absolute atomic E-state index is 0.363. The Balaban J connectivity index is 1.45. The number of rotatable bonds is 6. The first-order valence-electron chi connectivity index (χ1n) is 9.94. The van der Waals surface area contributed by atoms with Crippen LogP contribution in [0.4, 0.5) is 20.6 Å². The second-order valence-electron chi connectivity index (χ2n) is 7.18. The summed E-state index contributed by atoms with van der Waals surface area (Å²) < 4.78 is 13.3. The number of amides is 3. The topological polar surface area (TPSA) is 110 Å². The summed E-state index contributed by atoms with van der Waals surface area (Å²) in [5.74, 6) is -0.958. The number of aromatic nitrogens is 2. The number of hydrogen-bond acceptors (Lipinski definition) is 4. The molecule has 0 aliphatic rings. The van der Waals surface area contributed by atoms with Crippen LogP contribution in [0.25, 0.3) is 10.9 Å². The lowest BCUT2D eigenvalue weighted by Gasteiger charge is -2.10. The summed E-state index contributed by atoms with van der Waals surface area (Å²) in [6.07, 6.45) is 2.70. The van der Waals surface area contributed by atoms with Crippen LogP contribution in [0.5, 0.6) is 0 Å². The Morgan fingerprint density at radius 3 is 2.34 bits per heavy atom. The fourth-order valence-corrected chi connectivity index (χ4v) is 3.47. The Kier molecular flexibility index (Phi) is 6.03. The third-order valence-corrected chi connectivity index (χ3v) is 4.93. The molecule has 4 aromatic rings. The summed E-state index contributed by atoms with van der Waals surface area (Å²) in [7, 11) is 0. The first-order chi connectivity index (χ1) is 15.5. The van der Waals surface area contributed by atoms with Crippen molar-refractivity contribution in [2.24, 2.45) is 5.73 Å². The minimum Gasteiger partial charge on any atom is -0.366 e. The van der Waals surface area contributed by atoms with Crippen molar-refractivity contribution in [2.45, 2.75) is 12.8 Å². The van der Waals surface area contributed by atoms with Crippen molar-refractivity contribution >= 4 is 34.2 Å². The van der Waals surface area contributed by atoms with E-state index in [4.69, 9.17) is 5.73 Å². The molecule has 4 rings (SSSR count). The molecular weight excluding hydrogens is 409 g/mol. The van der Waals surface area contributed by atoms with E-state index in [-0.39, 0.29) is 0 Å². The maximum absolute atomic E-state index is 13.3. The molecule has 0 bridgehead atoms. The van der Waals surface area contributed by atoms with E-state index in [0.717, 1.165) is 16.6 Å². The van der Waals surface area contributed by atoms with Crippen LogP contribution in [-0.4, -0.2) is 21.9 Å². The van der Waals surface area contributed by atoms with Crippen molar-refractivity contribution in [3.05, 3.63) is 95.7 Å². The van der Waals surface area contributed by atoms with Gasteiger partial charge in [0.05, 0.1) is 16.8 Å². The number of halogens is 1. The highest BCUT2D eigenvalue weighted by molar-refractivity contribution is 6.05. The van der Waals surface area contributed by atoms with Crippen LogP contribution in [0.15, 0.2) is 73.1 Å². The molecule has 0 saturated heterocycles. The van der Waals surface area contributed by atoms with E-state index < -0.39 is 17.8 Å². The third-order valence-electron chi connectivity index (χ3n) is 4.93. The van der Waals surface area contributed by atoms with Crippen molar-refractivity contribution < 1.29 is 14.0 Å². The molecule has 8 heteroatoms. The summed E-state index contributed by atoms with van der Waals surface area (Å²) in [5, 5.41) is 6.13. The Morgan fingerprint density at radius 1 is 0.875 bits per heavy atom. The highest BCUT2D eigenvalue weighted by atomic mass is 19.1.